The van der Waals surface area contributed by atoms with Gasteiger partial charge in [0.05, 0.1) is 27.0 Å². The van der Waals surface area contributed by atoms with Crippen LogP contribution in [0.15, 0.2) is 114 Å². The molecule has 0 aliphatic rings. The molecule has 0 spiro atoms. The molecule has 0 saturated carbocycles. The van der Waals surface area contributed by atoms with E-state index in [9.17, 15) is 14.7 Å². The Bertz CT molecular complexity index is 1790. The standard InChI is InChI=1S/C31H21N3O3S2/c35-29(28(20-8-2-1-3-9-20)39-31-34-25-12-6-7-13-27(25)38-31)32-21-16-14-19(15-17-21)26-18-23(30(36)37)22-10-4-5-11-24(22)33-26/h1-18,28H,(H,32,35)(H,36,37). The molecule has 1 amide bonds. The van der Waals surface area contributed by atoms with Crippen LogP contribution in [0.1, 0.15) is 21.2 Å². The van der Waals surface area contributed by atoms with Crippen LogP contribution >= 0.6 is 23.1 Å². The van der Waals surface area contributed by atoms with Gasteiger partial charge in [0, 0.05) is 16.6 Å². The van der Waals surface area contributed by atoms with Crippen LogP contribution in [-0.2, 0) is 4.79 Å². The summed E-state index contributed by atoms with van der Waals surface area (Å²) >= 11 is 3.00. The van der Waals surface area contributed by atoms with Crippen LogP contribution in [0.2, 0.25) is 0 Å². The summed E-state index contributed by atoms with van der Waals surface area (Å²) in [5, 5.41) is 12.8. The lowest BCUT2D eigenvalue weighted by molar-refractivity contribution is -0.115. The first kappa shape index (κ1) is 24.8. The fourth-order valence-corrected chi connectivity index (χ4v) is 6.59. The summed E-state index contributed by atoms with van der Waals surface area (Å²) in [7, 11) is 0. The first-order valence-corrected chi connectivity index (χ1v) is 13.9. The zero-order valence-electron chi connectivity index (χ0n) is 20.4. The normalized spacial score (nSPS) is 11.9. The maximum atomic E-state index is 13.5. The highest BCUT2D eigenvalue weighted by Crippen LogP contribution is 2.40. The van der Waals surface area contributed by atoms with Crippen LogP contribution in [0.25, 0.3) is 32.4 Å². The van der Waals surface area contributed by atoms with E-state index in [0.29, 0.717) is 22.3 Å². The predicted octanol–water partition coefficient (Wildman–Crippen LogP) is 7.68. The van der Waals surface area contributed by atoms with Crippen LogP contribution in [0, 0.1) is 0 Å². The van der Waals surface area contributed by atoms with Gasteiger partial charge in [0.25, 0.3) is 0 Å². The minimum atomic E-state index is -1.00. The zero-order chi connectivity index (χ0) is 26.8. The molecular weight excluding hydrogens is 526 g/mol. The Morgan fingerprint density at radius 2 is 1.49 bits per heavy atom. The number of hydrogen-bond acceptors (Lipinski definition) is 6. The molecule has 2 heterocycles. The second-order valence-electron chi connectivity index (χ2n) is 8.80. The van der Waals surface area contributed by atoms with Crippen molar-refractivity contribution in [2.24, 2.45) is 0 Å². The van der Waals surface area contributed by atoms with Gasteiger partial charge in [0.2, 0.25) is 5.91 Å². The van der Waals surface area contributed by atoms with E-state index in [1.165, 1.54) is 11.8 Å². The number of hydrogen-bond donors (Lipinski definition) is 2. The Kier molecular flexibility index (Phi) is 6.79. The summed E-state index contributed by atoms with van der Waals surface area (Å²) in [4.78, 5) is 34.7. The number of nitrogens with one attached hydrogen (secondary N) is 1. The molecule has 6 aromatic rings. The molecule has 2 aromatic heterocycles. The molecule has 1 unspecified atom stereocenters. The minimum absolute atomic E-state index is 0.157. The first-order valence-electron chi connectivity index (χ1n) is 12.2. The molecule has 0 saturated heterocycles. The van der Waals surface area contributed by atoms with Gasteiger partial charge in [0.15, 0.2) is 4.34 Å². The minimum Gasteiger partial charge on any atom is -0.478 e. The van der Waals surface area contributed by atoms with Crippen molar-refractivity contribution in [2.75, 3.05) is 5.32 Å². The summed E-state index contributed by atoms with van der Waals surface area (Å²) in [5.41, 5.74) is 4.56. The number of carboxylic acids is 1. The lowest BCUT2D eigenvalue weighted by Crippen LogP contribution is -2.19. The van der Waals surface area contributed by atoms with E-state index in [2.05, 4.69) is 10.3 Å². The lowest BCUT2D eigenvalue weighted by Gasteiger charge is -2.16. The van der Waals surface area contributed by atoms with Crippen molar-refractivity contribution in [3.05, 3.63) is 120 Å². The van der Waals surface area contributed by atoms with Gasteiger partial charge in [-0.15, -0.1) is 11.3 Å². The number of aromatic nitrogens is 2. The van der Waals surface area contributed by atoms with Gasteiger partial charge in [-0.05, 0) is 42.0 Å². The maximum absolute atomic E-state index is 13.5. The molecule has 6 nitrogen and oxygen atoms in total. The van der Waals surface area contributed by atoms with Crippen LogP contribution in [0.4, 0.5) is 5.69 Å². The van der Waals surface area contributed by atoms with Crippen LogP contribution in [0.3, 0.4) is 0 Å². The number of thioether (sulfide) groups is 1. The average Bonchev–Trinajstić information content (AvgIpc) is 3.39. The van der Waals surface area contributed by atoms with Crippen molar-refractivity contribution in [3.8, 4) is 11.3 Å². The molecule has 6 rings (SSSR count). The Morgan fingerprint density at radius 1 is 0.795 bits per heavy atom. The van der Waals surface area contributed by atoms with Gasteiger partial charge in [-0.2, -0.15) is 0 Å². The SMILES string of the molecule is O=C(O)c1cc(-c2ccc(NC(=O)C(Sc3nc4ccccc4s3)c3ccccc3)cc2)nc2ccccc12. The summed E-state index contributed by atoms with van der Waals surface area (Å²) < 4.78 is 1.91. The van der Waals surface area contributed by atoms with Gasteiger partial charge in [-0.1, -0.05) is 84.6 Å². The van der Waals surface area contributed by atoms with Gasteiger partial charge < -0.3 is 10.4 Å². The lowest BCUT2D eigenvalue weighted by atomic mass is 10.0. The summed E-state index contributed by atoms with van der Waals surface area (Å²) in [6, 6.07) is 33.6. The summed E-state index contributed by atoms with van der Waals surface area (Å²) in [5.74, 6) is -1.16. The van der Waals surface area contributed by atoms with Gasteiger partial charge in [-0.25, -0.2) is 14.8 Å². The van der Waals surface area contributed by atoms with E-state index in [-0.39, 0.29) is 11.5 Å². The summed E-state index contributed by atoms with van der Waals surface area (Å²) in [6.07, 6.45) is 0. The Labute approximate surface area is 232 Å². The van der Waals surface area contributed by atoms with Crippen molar-refractivity contribution in [1.29, 1.82) is 0 Å². The Hall–Kier alpha value is -4.53. The van der Waals surface area contributed by atoms with E-state index in [1.54, 1.807) is 47.7 Å². The molecule has 0 radical (unpaired) electrons. The Morgan fingerprint density at radius 3 is 2.23 bits per heavy atom. The molecule has 0 aliphatic heterocycles. The molecule has 4 aromatic carbocycles. The number of aromatic carboxylic acids is 1. The number of rotatable bonds is 7. The molecule has 0 fully saturated rings. The second-order valence-corrected chi connectivity index (χ2v) is 11.2. The van der Waals surface area contributed by atoms with Crippen molar-refractivity contribution in [3.63, 3.8) is 0 Å². The number of anilines is 1. The molecular formula is C31H21N3O3S2. The molecule has 190 valence electrons. The smallest absolute Gasteiger partial charge is 0.336 e. The van der Waals surface area contributed by atoms with Crippen molar-refractivity contribution >= 4 is 61.8 Å². The topological polar surface area (TPSA) is 92.2 Å². The third-order valence-corrected chi connectivity index (χ3v) is 8.61. The number of nitrogens with zero attached hydrogens (tertiary/aromatic N) is 2. The van der Waals surface area contributed by atoms with Crippen molar-refractivity contribution in [2.45, 2.75) is 9.59 Å². The maximum Gasteiger partial charge on any atom is 0.336 e. The molecule has 39 heavy (non-hydrogen) atoms. The monoisotopic (exact) mass is 547 g/mol. The highest BCUT2D eigenvalue weighted by Gasteiger charge is 2.24. The van der Waals surface area contributed by atoms with E-state index >= 15 is 0 Å². The molecule has 0 bridgehead atoms. The number of carbonyl (C=O) groups is 2. The first-order chi connectivity index (χ1) is 19.0. The van der Waals surface area contributed by atoms with E-state index in [4.69, 9.17) is 4.98 Å². The molecule has 1 atom stereocenters. The van der Waals surface area contributed by atoms with Crippen LogP contribution in [0.5, 0.6) is 0 Å². The fraction of sp³-hybridized carbons (Fsp3) is 0.0323. The van der Waals surface area contributed by atoms with E-state index in [0.717, 1.165) is 25.7 Å². The van der Waals surface area contributed by atoms with Gasteiger partial charge in [0.1, 0.15) is 5.25 Å². The quantitative estimate of drug-likeness (QED) is 0.199. The molecule has 0 aliphatic carbocycles. The number of pyridine rings is 1. The number of para-hydroxylation sites is 2. The predicted molar refractivity (Wildman–Crippen MR) is 157 cm³/mol. The fourth-order valence-electron chi connectivity index (χ4n) is 4.34. The largest absolute Gasteiger partial charge is 0.478 e. The highest BCUT2D eigenvalue weighted by atomic mass is 32.2. The van der Waals surface area contributed by atoms with Gasteiger partial charge in [-0.3, -0.25) is 4.79 Å². The zero-order valence-corrected chi connectivity index (χ0v) is 22.1. The number of carboxylic acid groups (broad SMARTS) is 1. The van der Waals surface area contributed by atoms with Crippen LogP contribution < -0.4 is 5.32 Å². The highest BCUT2D eigenvalue weighted by molar-refractivity contribution is 8.02. The Balaban J connectivity index is 1.26. The molecule has 2 N–H and O–H groups in total. The number of benzene rings is 4. The average molecular weight is 548 g/mol. The summed E-state index contributed by atoms with van der Waals surface area (Å²) in [6.45, 7) is 0. The second kappa shape index (κ2) is 10.7. The van der Waals surface area contributed by atoms with Crippen molar-refractivity contribution < 1.29 is 14.7 Å². The third kappa shape index (κ3) is 5.25. The molecule has 8 heteroatoms. The van der Waals surface area contributed by atoms with E-state index < -0.39 is 11.2 Å². The third-order valence-electron chi connectivity index (χ3n) is 6.23. The number of fused-ring (bicyclic) bond motifs is 2. The van der Waals surface area contributed by atoms with E-state index in [1.807, 2.05) is 72.8 Å². The number of amides is 1. The number of thiazole rings is 1. The van der Waals surface area contributed by atoms with Crippen molar-refractivity contribution in [1.82, 2.24) is 9.97 Å². The van der Waals surface area contributed by atoms with Crippen LogP contribution in [-0.4, -0.2) is 27.0 Å². The van der Waals surface area contributed by atoms with Gasteiger partial charge >= 0.3 is 5.97 Å². The number of carbonyl (C=O) groups excluding carboxylic acids is 1.